The maximum atomic E-state index is 6.26. The summed E-state index contributed by atoms with van der Waals surface area (Å²) in [5.74, 6) is 0.826. The molecule has 0 fully saturated rings. The summed E-state index contributed by atoms with van der Waals surface area (Å²) in [6, 6.07) is 10.0. The van der Waals surface area contributed by atoms with Crippen molar-refractivity contribution in [1.82, 2.24) is 0 Å². The second-order valence-electron chi connectivity index (χ2n) is 3.90. The van der Waals surface area contributed by atoms with Gasteiger partial charge in [0.15, 0.2) is 0 Å². The molecule has 2 aromatic rings. The van der Waals surface area contributed by atoms with E-state index in [0.717, 1.165) is 26.0 Å². The van der Waals surface area contributed by atoms with Crippen LogP contribution in [0.5, 0.6) is 5.75 Å². The van der Waals surface area contributed by atoms with Gasteiger partial charge in [0.1, 0.15) is 5.75 Å². The zero-order valence-corrected chi connectivity index (χ0v) is 13.8. The lowest BCUT2D eigenvalue weighted by Crippen LogP contribution is -2.13. The summed E-state index contributed by atoms with van der Waals surface area (Å²) >= 11 is 8.61. The van der Waals surface area contributed by atoms with E-state index >= 15 is 0 Å². The van der Waals surface area contributed by atoms with Crippen LogP contribution in [-0.4, -0.2) is 7.11 Å². The molecule has 1 aromatic carbocycles. The Kier molecular flexibility index (Phi) is 4.84. The van der Waals surface area contributed by atoms with Crippen molar-refractivity contribution in [3.63, 3.8) is 0 Å². The third-order valence-corrected chi connectivity index (χ3v) is 4.78. The van der Waals surface area contributed by atoms with Crippen LogP contribution in [0.15, 0.2) is 38.6 Å². The van der Waals surface area contributed by atoms with Crippen molar-refractivity contribution in [3.05, 3.63) is 49.0 Å². The molecule has 96 valence electrons. The topological polar surface area (TPSA) is 35.2 Å². The van der Waals surface area contributed by atoms with E-state index in [4.69, 9.17) is 10.5 Å². The SMILES string of the molecule is COc1cc(Br)ccc1C(N)Cc1ccc(Br)s1. The van der Waals surface area contributed by atoms with Gasteiger partial charge in [-0.1, -0.05) is 22.0 Å². The number of hydrogen-bond donors (Lipinski definition) is 1. The van der Waals surface area contributed by atoms with E-state index in [1.54, 1.807) is 18.4 Å². The van der Waals surface area contributed by atoms with Gasteiger partial charge in [0.25, 0.3) is 0 Å². The zero-order chi connectivity index (χ0) is 13.1. The Morgan fingerprint density at radius 2 is 2.06 bits per heavy atom. The molecule has 0 bridgehead atoms. The molecule has 18 heavy (non-hydrogen) atoms. The van der Waals surface area contributed by atoms with Crippen LogP contribution >= 0.6 is 43.2 Å². The van der Waals surface area contributed by atoms with Crippen LogP contribution in [0.2, 0.25) is 0 Å². The molecule has 0 aliphatic heterocycles. The first-order valence-electron chi connectivity index (χ1n) is 5.43. The predicted octanol–water partition coefficient (Wildman–Crippen LogP) is 4.52. The number of thiophene rings is 1. The molecule has 5 heteroatoms. The van der Waals surface area contributed by atoms with Crippen molar-refractivity contribution in [2.45, 2.75) is 12.5 Å². The Morgan fingerprint density at radius 3 is 2.67 bits per heavy atom. The smallest absolute Gasteiger partial charge is 0.124 e. The summed E-state index contributed by atoms with van der Waals surface area (Å²) in [4.78, 5) is 1.26. The van der Waals surface area contributed by atoms with Crippen molar-refractivity contribution < 1.29 is 4.74 Å². The van der Waals surface area contributed by atoms with Gasteiger partial charge in [-0.15, -0.1) is 11.3 Å². The zero-order valence-electron chi connectivity index (χ0n) is 9.82. The second-order valence-corrected chi connectivity index (χ2v) is 7.37. The van der Waals surface area contributed by atoms with Crippen molar-refractivity contribution in [3.8, 4) is 5.75 Å². The lowest BCUT2D eigenvalue weighted by molar-refractivity contribution is 0.405. The van der Waals surface area contributed by atoms with Crippen molar-refractivity contribution >= 4 is 43.2 Å². The van der Waals surface area contributed by atoms with Crippen molar-refractivity contribution in [2.75, 3.05) is 7.11 Å². The second kappa shape index (κ2) is 6.19. The van der Waals surface area contributed by atoms with Gasteiger partial charge in [-0.05, 0) is 40.2 Å². The van der Waals surface area contributed by atoms with E-state index in [2.05, 4.69) is 37.9 Å². The minimum atomic E-state index is -0.0569. The standard InChI is InChI=1S/C13H13Br2NOS/c1-17-12-6-8(14)2-4-10(12)11(16)7-9-3-5-13(15)18-9/h2-6,11H,7,16H2,1H3. The summed E-state index contributed by atoms with van der Waals surface area (Å²) in [7, 11) is 1.67. The largest absolute Gasteiger partial charge is 0.496 e. The first-order valence-corrected chi connectivity index (χ1v) is 7.83. The number of rotatable bonds is 4. The molecule has 1 heterocycles. The first kappa shape index (κ1) is 14.1. The molecule has 2 N–H and O–H groups in total. The Hall–Kier alpha value is -0.360. The van der Waals surface area contributed by atoms with E-state index in [-0.39, 0.29) is 6.04 Å². The normalized spacial score (nSPS) is 12.4. The molecule has 2 nitrogen and oxygen atoms in total. The molecule has 1 aromatic heterocycles. The Morgan fingerprint density at radius 1 is 1.28 bits per heavy atom. The Bertz CT molecular complexity index is 542. The maximum absolute atomic E-state index is 6.26. The highest BCUT2D eigenvalue weighted by atomic mass is 79.9. The minimum absolute atomic E-state index is 0.0569. The molecule has 0 radical (unpaired) electrons. The molecule has 1 atom stereocenters. The highest BCUT2D eigenvalue weighted by Gasteiger charge is 2.13. The maximum Gasteiger partial charge on any atom is 0.124 e. The lowest BCUT2D eigenvalue weighted by atomic mass is 10.0. The minimum Gasteiger partial charge on any atom is -0.496 e. The van der Waals surface area contributed by atoms with Gasteiger partial charge >= 0.3 is 0 Å². The fourth-order valence-electron chi connectivity index (χ4n) is 1.78. The van der Waals surface area contributed by atoms with E-state index in [9.17, 15) is 0 Å². The first-order chi connectivity index (χ1) is 8.60. The fourth-order valence-corrected chi connectivity index (χ4v) is 3.66. The van der Waals surface area contributed by atoms with Gasteiger partial charge in [-0.2, -0.15) is 0 Å². The van der Waals surface area contributed by atoms with Gasteiger partial charge in [0.05, 0.1) is 10.9 Å². The summed E-state index contributed by atoms with van der Waals surface area (Å²) in [6.45, 7) is 0. The predicted molar refractivity (Wildman–Crippen MR) is 83.3 cm³/mol. The van der Waals surface area contributed by atoms with E-state index in [1.807, 2.05) is 24.3 Å². The number of nitrogens with two attached hydrogens (primary N) is 1. The summed E-state index contributed by atoms with van der Waals surface area (Å²) in [5, 5.41) is 0. The molecule has 2 rings (SSSR count). The van der Waals surface area contributed by atoms with Crippen molar-refractivity contribution in [2.24, 2.45) is 5.73 Å². The number of benzene rings is 1. The van der Waals surface area contributed by atoms with Gasteiger partial charge in [0.2, 0.25) is 0 Å². The highest BCUT2D eigenvalue weighted by Crippen LogP contribution is 2.31. The lowest BCUT2D eigenvalue weighted by Gasteiger charge is -2.15. The number of methoxy groups -OCH3 is 1. The van der Waals surface area contributed by atoms with Crippen LogP contribution in [0.1, 0.15) is 16.5 Å². The molecule has 0 aliphatic rings. The van der Waals surface area contributed by atoms with Crippen LogP contribution in [0, 0.1) is 0 Å². The summed E-state index contributed by atoms with van der Waals surface area (Å²) < 4.78 is 7.50. The van der Waals surface area contributed by atoms with Crippen LogP contribution < -0.4 is 10.5 Å². The van der Waals surface area contributed by atoms with Gasteiger partial charge in [-0.25, -0.2) is 0 Å². The van der Waals surface area contributed by atoms with Gasteiger partial charge in [0, 0.05) is 27.4 Å². The monoisotopic (exact) mass is 389 g/mol. The van der Waals surface area contributed by atoms with Crippen molar-refractivity contribution in [1.29, 1.82) is 0 Å². The average Bonchev–Trinajstić information content (AvgIpc) is 2.74. The van der Waals surface area contributed by atoms with E-state index < -0.39 is 0 Å². The molecule has 0 saturated carbocycles. The number of ether oxygens (including phenoxy) is 1. The van der Waals surface area contributed by atoms with Crippen LogP contribution in [0.3, 0.4) is 0 Å². The van der Waals surface area contributed by atoms with Crippen LogP contribution in [0.4, 0.5) is 0 Å². The number of hydrogen-bond acceptors (Lipinski definition) is 3. The third kappa shape index (κ3) is 3.35. The molecule has 1 unspecified atom stereocenters. The summed E-state index contributed by atoms with van der Waals surface area (Å²) in [5.41, 5.74) is 7.29. The van der Waals surface area contributed by atoms with Gasteiger partial charge in [-0.3, -0.25) is 0 Å². The van der Waals surface area contributed by atoms with Crippen LogP contribution in [0.25, 0.3) is 0 Å². The quantitative estimate of drug-likeness (QED) is 0.832. The molecular weight excluding hydrogens is 378 g/mol. The van der Waals surface area contributed by atoms with Crippen LogP contribution in [-0.2, 0) is 6.42 Å². The molecule has 0 saturated heterocycles. The number of halogens is 2. The fraction of sp³-hybridized carbons (Fsp3) is 0.231. The van der Waals surface area contributed by atoms with E-state index in [1.165, 1.54) is 4.88 Å². The molecule has 0 amide bonds. The Labute approximate surface area is 127 Å². The molecular formula is C13H13Br2NOS. The summed E-state index contributed by atoms with van der Waals surface area (Å²) in [6.07, 6.45) is 0.814. The molecule has 0 aliphatic carbocycles. The molecule has 0 spiro atoms. The average molecular weight is 391 g/mol. The third-order valence-electron chi connectivity index (χ3n) is 2.64. The Balaban J connectivity index is 2.20. The highest BCUT2D eigenvalue weighted by molar-refractivity contribution is 9.11. The van der Waals surface area contributed by atoms with Gasteiger partial charge < -0.3 is 10.5 Å². The van der Waals surface area contributed by atoms with E-state index in [0.29, 0.717) is 0 Å².